The molecule has 0 amide bonds. The van der Waals surface area contributed by atoms with Crippen LogP contribution in [0.5, 0.6) is 0 Å². The first-order valence-corrected chi connectivity index (χ1v) is 9.15. The third-order valence-electron chi connectivity index (χ3n) is 4.80. The average molecular weight is 373 g/mol. The number of hydrogen-bond donors (Lipinski definition) is 1. The van der Waals surface area contributed by atoms with Crippen LogP contribution in [0.25, 0.3) is 28.2 Å². The van der Waals surface area contributed by atoms with Crippen LogP contribution in [0, 0.1) is 0 Å². The van der Waals surface area contributed by atoms with Gasteiger partial charge in [-0.15, -0.1) is 0 Å². The number of benzene rings is 1. The van der Waals surface area contributed by atoms with Gasteiger partial charge in [0.15, 0.2) is 22.8 Å². The fourth-order valence-electron chi connectivity index (χ4n) is 3.33. The molecule has 1 fully saturated rings. The maximum Gasteiger partial charge on any atom is 0.170 e. The van der Waals surface area contributed by atoms with Crippen molar-refractivity contribution in [2.24, 2.45) is 0 Å². The van der Waals surface area contributed by atoms with E-state index in [-0.39, 0.29) is 0 Å². The zero-order chi connectivity index (χ0) is 18.9. The molecule has 28 heavy (non-hydrogen) atoms. The predicted molar refractivity (Wildman–Crippen MR) is 107 cm³/mol. The van der Waals surface area contributed by atoms with E-state index in [1.165, 1.54) is 0 Å². The number of morpholine rings is 1. The van der Waals surface area contributed by atoms with Crippen LogP contribution in [0.1, 0.15) is 0 Å². The summed E-state index contributed by atoms with van der Waals surface area (Å²) in [4.78, 5) is 20.3. The van der Waals surface area contributed by atoms with Gasteiger partial charge in [0, 0.05) is 30.5 Å². The number of pyridine rings is 1. The third kappa shape index (κ3) is 2.93. The van der Waals surface area contributed by atoms with Crippen molar-refractivity contribution in [3.63, 3.8) is 0 Å². The fourth-order valence-corrected chi connectivity index (χ4v) is 3.33. The number of imidazole rings is 1. The number of para-hydroxylation sites is 1. The highest BCUT2D eigenvalue weighted by atomic mass is 16.5. The zero-order valence-corrected chi connectivity index (χ0v) is 15.2. The molecule has 1 aliphatic rings. The second-order valence-electron chi connectivity index (χ2n) is 6.56. The lowest BCUT2D eigenvalue weighted by atomic mass is 10.2. The lowest BCUT2D eigenvalue weighted by Gasteiger charge is -2.27. The van der Waals surface area contributed by atoms with Gasteiger partial charge in [-0.05, 0) is 24.3 Å². The number of anilines is 2. The number of nitrogen functional groups attached to an aromatic ring is 1. The van der Waals surface area contributed by atoms with Crippen LogP contribution >= 0.6 is 0 Å². The molecule has 140 valence electrons. The van der Waals surface area contributed by atoms with Crippen molar-refractivity contribution >= 4 is 22.8 Å². The first-order chi connectivity index (χ1) is 13.8. The first-order valence-electron chi connectivity index (χ1n) is 9.15. The molecular formula is C20H19N7O. The number of aromatic nitrogens is 5. The van der Waals surface area contributed by atoms with Crippen molar-refractivity contribution in [3.05, 3.63) is 55.0 Å². The van der Waals surface area contributed by atoms with Gasteiger partial charge < -0.3 is 15.4 Å². The van der Waals surface area contributed by atoms with Crippen molar-refractivity contribution in [2.75, 3.05) is 36.9 Å². The Morgan fingerprint density at radius 3 is 2.50 bits per heavy atom. The number of nitrogens with two attached hydrogens (primary N) is 1. The van der Waals surface area contributed by atoms with Crippen LogP contribution in [0.15, 0.2) is 55.0 Å². The van der Waals surface area contributed by atoms with Gasteiger partial charge in [0.1, 0.15) is 12.1 Å². The van der Waals surface area contributed by atoms with Crippen molar-refractivity contribution in [2.45, 2.75) is 0 Å². The fraction of sp³-hybridized carbons (Fsp3) is 0.200. The molecule has 0 unspecified atom stereocenters. The minimum Gasteiger partial charge on any atom is -0.382 e. The summed E-state index contributed by atoms with van der Waals surface area (Å²) >= 11 is 0. The molecule has 4 aromatic rings. The Hall–Kier alpha value is -3.52. The molecule has 5 rings (SSSR count). The Kier molecular flexibility index (Phi) is 4.10. The van der Waals surface area contributed by atoms with Crippen molar-refractivity contribution in [3.8, 4) is 17.1 Å². The van der Waals surface area contributed by atoms with Crippen LogP contribution in [0.4, 0.5) is 11.6 Å². The van der Waals surface area contributed by atoms with E-state index in [1.807, 2.05) is 47.0 Å². The van der Waals surface area contributed by atoms with Gasteiger partial charge in [0.05, 0.1) is 13.2 Å². The zero-order valence-electron chi connectivity index (χ0n) is 15.2. The smallest absolute Gasteiger partial charge is 0.170 e. The quantitative estimate of drug-likeness (QED) is 0.589. The van der Waals surface area contributed by atoms with Crippen LogP contribution in [0.2, 0.25) is 0 Å². The highest BCUT2D eigenvalue weighted by molar-refractivity contribution is 5.85. The summed E-state index contributed by atoms with van der Waals surface area (Å²) in [5.74, 6) is 1.81. The Bertz CT molecular complexity index is 1100. The second kappa shape index (κ2) is 6.90. The topological polar surface area (TPSA) is 95.0 Å². The minimum absolute atomic E-state index is 0.354. The van der Waals surface area contributed by atoms with E-state index < -0.39 is 0 Å². The van der Waals surface area contributed by atoms with E-state index in [0.717, 1.165) is 43.4 Å². The average Bonchev–Trinajstić information content (AvgIpc) is 3.20. The Morgan fingerprint density at radius 2 is 1.75 bits per heavy atom. The molecule has 0 spiro atoms. The van der Waals surface area contributed by atoms with E-state index in [4.69, 9.17) is 15.5 Å². The Morgan fingerprint density at radius 1 is 0.929 bits per heavy atom. The van der Waals surface area contributed by atoms with E-state index in [2.05, 4.69) is 19.9 Å². The first kappa shape index (κ1) is 16.6. The molecule has 8 heteroatoms. The highest BCUT2D eigenvalue weighted by Crippen LogP contribution is 2.25. The minimum atomic E-state index is 0.354. The lowest BCUT2D eigenvalue weighted by Crippen LogP contribution is -2.36. The molecule has 4 heterocycles. The maximum absolute atomic E-state index is 6.16. The summed E-state index contributed by atoms with van der Waals surface area (Å²) < 4.78 is 7.31. The van der Waals surface area contributed by atoms with E-state index in [9.17, 15) is 0 Å². The molecule has 1 saturated heterocycles. The number of nitrogens with zero attached hydrogens (tertiary/aromatic N) is 6. The number of fused-ring (bicyclic) bond motifs is 1. The summed E-state index contributed by atoms with van der Waals surface area (Å²) in [6.45, 7) is 3.14. The van der Waals surface area contributed by atoms with Crippen molar-refractivity contribution < 1.29 is 4.74 Å². The van der Waals surface area contributed by atoms with E-state index in [1.54, 1.807) is 12.5 Å². The lowest BCUT2D eigenvalue weighted by molar-refractivity contribution is 0.122. The molecule has 0 atom stereocenters. The van der Waals surface area contributed by atoms with Crippen LogP contribution in [0.3, 0.4) is 0 Å². The van der Waals surface area contributed by atoms with E-state index >= 15 is 0 Å². The summed E-state index contributed by atoms with van der Waals surface area (Å²) in [5.41, 5.74) is 9.20. The molecule has 1 aromatic carbocycles. The second-order valence-corrected chi connectivity index (χ2v) is 6.56. The summed E-state index contributed by atoms with van der Waals surface area (Å²) in [6, 6.07) is 13.9. The van der Waals surface area contributed by atoms with Crippen LogP contribution in [-0.4, -0.2) is 50.8 Å². The van der Waals surface area contributed by atoms with Crippen LogP contribution < -0.4 is 10.6 Å². The third-order valence-corrected chi connectivity index (χ3v) is 4.80. The Labute approximate surface area is 161 Å². The molecule has 0 aliphatic carbocycles. The molecule has 2 N–H and O–H groups in total. The largest absolute Gasteiger partial charge is 0.382 e. The Balaban J connectivity index is 1.54. The van der Waals surface area contributed by atoms with Crippen LogP contribution in [-0.2, 0) is 4.74 Å². The summed E-state index contributed by atoms with van der Waals surface area (Å²) in [7, 11) is 0. The normalized spacial score (nSPS) is 14.5. The molecule has 0 radical (unpaired) electrons. The summed E-state index contributed by atoms with van der Waals surface area (Å²) in [5, 5.41) is 0. The predicted octanol–water partition coefficient (Wildman–Crippen LogP) is 2.30. The highest BCUT2D eigenvalue weighted by Gasteiger charge is 2.15. The molecule has 3 aromatic heterocycles. The SMILES string of the molecule is Nc1nc(-c2ccc(N3CCOCC3)nc2)nc2c1ncn2-c1ccccc1. The van der Waals surface area contributed by atoms with Crippen molar-refractivity contribution in [1.82, 2.24) is 24.5 Å². The van der Waals surface area contributed by atoms with E-state index in [0.29, 0.717) is 22.8 Å². The molecule has 8 nitrogen and oxygen atoms in total. The molecular weight excluding hydrogens is 354 g/mol. The number of rotatable bonds is 3. The van der Waals surface area contributed by atoms with Gasteiger partial charge in [0.2, 0.25) is 0 Å². The van der Waals surface area contributed by atoms with Gasteiger partial charge in [-0.3, -0.25) is 4.57 Å². The standard InChI is InChI=1S/C20H19N7O/c21-18-17-20(27(13-23-17)15-4-2-1-3-5-15)25-19(24-18)14-6-7-16(22-12-14)26-8-10-28-11-9-26/h1-7,12-13H,8-11H2,(H2,21,24,25). The van der Waals surface area contributed by atoms with Gasteiger partial charge in [0.25, 0.3) is 0 Å². The monoisotopic (exact) mass is 373 g/mol. The van der Waals surface area contributed by atoms with Gasteiger partial charge in [-0.25, -0.2) is 19.9 Å². The van der Waals surface area contributed by atoms with Gasteiger partial charge in [-0.2, -0.15) is 0 Å². The van der Waals surface area contributed by atoms with Gasteiger partial charge in [-0.1, -0.05) is 18.2 Å². The van der Waals surface area contributed by atoms with Crippen molar-refractivity contribution in [1.29, 1.82) is 0 Å². The maximum atomic E-state index is 6.16. The number of hydrogen-bond acceptors (Lipinski definition) is 7. The molecule has 1 aliphatic heterocycles. The number of ether oxygens (including phenoxy) is 1. The summed E-state index contributed by atoms with van der Waals surface area (Å²) in [6.07, 6.45) is 3.50. The van der Waals surface area contributed by atoms with Gasteiger partial charge >= 0.3 is 0 Å². The molecule has 0 bridgehead atoms. The molecule has 0 saturated carbocycles.